The lowest BCUT2D eigenvalue weighted by Crippen LogP contribution is -1.99. The van der Waals surface area contributed by atoms with Crippen LogP contribution in [0.25, 0.3) is 0 Å². The number of aryl methyl sites for hydroxylation is 1. The van der Waals surface area contributed by atoms with Crippen LogP contribution in [-0.2, 0) is 4.79 Å². The second kappa shape index (κ2) is 4.25. The number of nitrogens with zero attached hydrogens (tertiary/aromatic N) is 1. The van der Waals surface area contributed by atoms with Gasteiger partial charge in [0, 0.05) is 6.07 Å². The molecule has 0 radical (unpaired) electrons. The van der Waals surface area contributed by atoms with Gasteiger partial charge in [-0.15, -0.1) is 0 Å². The van der Waals surface area contributed by atoms with E-state index in [0.29, 0.717) is 22.6 Å². The maximum absolute atomic E-state index is 10.9. The van der Waals surface area contributed by atoms with Gasteiger partial charge in [-0.1, -0.05) is 0 Å². The van der Waals surface area contributed by atoms with E-state index in [-0.39, 0.29) is 11.5 Å². The van der Waals surface area contributed by atoms with E-state index in [0.717, 1.165) is 0 Å². The van der Waals surface area contributed by atoms with Gasteiger partial charge >= 0.3 is 0 Å². The molecule has 0 heterocycles. The van der Waals surface area contributed by atoms with Crippen LogP contribution in [-0.4, -0.2) is 16.6 Å². The van der Waals surface area contributed by atoms with Gasteiger partial charge in [-0.05, 0) is 42.9 Å². The van der Waals surface area contributed by atoms with E-state index in [9.17, 15) is 9.90 Å². The Balaban J connectivity index is 2.40. The lowest BCUT2D eigenvalue weighted by molar-refractivity contribution is -0.110. The van der Waals surface area contributed by atoms with Crippen molar-refractivity contribution in [3.8, 4) is 5.75 Å². The van der Waals surface area contributed by atoms with Crippen molar-refractivity contribution >= 4 is 22.9 Å². The molecule has 86 valence electrons. The number of hydrogen-bond acceptors (Lipinski definition) is 4. The number of aromatic hydroxyl groups is 1. The van der Waals surface area contributed by atoms with Crippen LogP contribution >= 0.6 is 0 Å². The molecule has 0 atom stereocenters. The number of aliphatic imine (C=N–C) groups is 1. The van der Waals surface area contributed by atoms with Gasteiger partial charge in [-0.25, -0.2) is 4.99 Å². The number of anilines is 1. The second-order valence-corrected chi connectivity index (χ2v) is 3.80. The summed E-state index contributed by atoms with van der Waals surface area (Å²) in [6.07, 6.45) is 6.15. The summed E-state index contributed by atoms with van der Waals surface area (Å²) in [5, 5.41) is 9.46. The standard InChI is InChI=1S/C13H12N2O2/c1-8-6-12(11(14)7-13(8)17)15-9-2-4-10(16)5-3-9/h2-7,17H,14H2,1H3. The lowest BCUT2D eigenvalue weighted by Gasteiger charge is -2.06. The summed E-state index contributed by atoms with van der Waals surface area (Å²) < 4.78 is 0. The average molecular weight is 228 g/mol. The normalized spacial score (nSPS) is 14.2. The Morgan fingerprint density at radius 3 is 2.47 bits per heavy atom. The SMILES string of the molecule is Cc1cc(N=C2C=CC(=O)C=C2)c(N)cc1O. The number of carbonyl (C=O) groups excluding carboxylic acids is 1. The van der Waals surface area contributed by atoms with Crippen molar-refractivity contribution in [1.29, 1.82) is 0 Å². The van der Waals surface area contributed by atoms with E-state index >= 15 is 0 Å². The van der Waals surface area contributed by atoms with Crippen molar-refractivity contribution in [2.24, 2.45) is 4.99 Å². The zero-order valence-electron chi connectivity index (χ0n) is 9.34. The molecule has 0 saturated carbocycles. The number of ketones is 1. The summed E-state index contributed by atoms with van der Waals surface area (Å²) in [4.78, 5) is 15.2. The van der Waals surface area contributed by atoms with E-state index in [4.69, 9.17) is 5.73 Å². The molecule has 1 aliphatic carbocycles. The molecule has 4 nitrogen and oxygen atoms in total. The van der Waals surface area contributed by atoms with Gasteiger partial charge in [0.2, 0.25) is 0 Å². The van der Waals surface area contributed by atoms with Crippen LogP contribution in [0.2, 0.25) is 0 Å². The Morgan fingerprint density at radius 2 is 1.82 bits per heavy atom. The summed E-state index contributed by atoms with van der Waals surface area (Å²) in [6.45, 7) is 1.77. The number of phenols is 1. The molecule has 0 bridgehead atoms. The van der Waals surface area contributed by atoms with Gasteiger partial charge in [0.05, 0.1) is 17.1 Å². The number of nitrogens with two attached hydrogens (primary N) is 1. The third-order valence-electron chi connectivity index (χ3n) is 2.43. The fraction of sp³-hybridized carbons (Fsp3) is 0.0769. The topological polar surface area (TPSA) is 75.7 Å². The predicted molar refractivity (Wildman–Crippen MR) is 67.6 cm³/mol. The van der Waals surface area contributed by atoms with Crippen LogP contribution in [0.15, 0.2) is 41.4 Å². The van der Waals surface area contributed by atoms with E-state index in [1.54, 1.807) is 25.1 Å². The molecule has 0 amide bonds. The van der Waals surface area contributed by atoms with Gasteiger partial charge in [-0.3, -0.25) is 4.79 Å². The molecule has 0 fully saturated rings. The van der Waals surface area contributed by atoms with Crippen molar-refractivity contribution in [2.45, 2.75) is 6.92 Å². The average Bonchev–Trinajstić information content (AvgIpc) is 2.29. The van der Waals surface area contributed by atoms with Crippen LogP contribution in [0.5, 0.6) is 5.75 Å². The third kappa shape index (κ3) is 2.42. The number of allylic oxidation sites excluding steroid dienone is 4. The van der Waals surface area contributed by atoms with Gasteiger partial charge in [0.1, 0.15) is 5.75 Å². The molecule has 0 saturated heterocycles. The van der Waals surface area contributed by atoms with E-state index in [1.165, 1.54) is 18.2 Å². The van der Waals surface area contributed by atoms with Crippen LogP contribution < -0.4 is 5.73 Å². The Morgan fingerprint density at radius 1 is 1.18 bits per heavy atom. The van der Waals surface area contributed by atoms with Crippen molar-refractivity contribution in [3.63, 3.8) is 0 Å². The molecule has 1 aromatic carbocycles. The van der Waals surface area contributed by atoms with Gasteiger partial charge in [0.25, 0.3) is 0 Å². The molecular formula is C13H12N2O2. The highest BCUT2D eigenvalue weighted by Crippen LogP contribution is 2.30. The van der Waals surface area contributed by atoms with Crippen LogP contribution in [0.3, 0.4) is 0 Å². The zero-order valence-corrected chi connectivity index (χ0v) is 9.34. The molecule has 3 N–H and O–H groups in total. The van der Waals surface area contributed by atoms with Crippen molar-refractivity contribution < 1.29 is 9.90 Å². The molecular weight excluding hydrogens is 216 g/mol. The van der Waals surface area contributed by atoms with Gasteiger partial charge in [-0.2, -0.15) is 0 Å². The maximum atomic E-state index is 10.9. The van der Waals surface area contributed by atoms with Gasteiger partial charge < -0.3 is 10.8 Å². The van der Waals surface area contributed by atoms with E-state index in [2.05, 4.69) is 4.99 Å². The summed E-state index contributed by atoms with van der Waals surface area (Å²) in [6, 6.07) is 3.17. The number of hydrogen-bond donors (Lipinski definition) is 2. The largest absolute Gasteiger partial charge is 0.508 e. The van der Waals surface area contributed by atoms with E-state index in [1.807, 2.05) is 0 Å². The highest BCUT2D eigenvalue weighted by Gasteiger charge is 2.05. The highest BCUT2D eigenvalue weighted by atomic mass is 16.3. The fourth-order valence-corrected chi connectivity index (χ4v) is 1.45. The van der Waals surface area contributed by atoms with Crippen LogP contribution in [0, 0.1) is 6.92 Å². The van der Waals surface area contributed by atoms with Crippen molar-refractivity contribution in [1.82, 2.24) is 0 Å². The quantitative estimate of drug-likeness (QED) is 0.570. The molecule has 0 unspecified atom stereocenters. The minimum Gasteiger partial charge on any atom is -0.508 e. The van der Waals surface area contributed by atoms with Crippen LogP contribution in [0.1, 0.15) is 5.56 Å². The Labute approximate surface area is 98.8 Å². The molecule has 0 spiro atoms. The molecule has 0 aromatic heterocycles. The zero-order chi connectivity index (χ0) is 12.4. The molecule has 4 heteroatoms. The van der Waals surface area contributed by atoms with E-state index < -0.39 is 0 Å². The molecule has 17 heavy (non-hydrogen) atoms. The number of nitrogen functional groups attached to an aromatic ring is 1. The minimum absolute atomic E-state index is 0.0567. The number of benzene rings is 1. The second-order valence-electron chi connectivity index (χ2n) is 3.80. The van der Waals surface area contributed by atoms with Crippen molar-refractivity contribution in [3.05, 3.63) is 42.0 Å². The first-order valence-corrected chi connectivity index (χ1v) is 5.14. The Bertz CT molecular complexity index is 551. The molecule has 1 aromatic rings. The minimum atomic E-state index is -0.0567. The third-order valence-corrected chi connectivity index (χ3v) is 2.43. The predicted octanol–water partition coefficient (Wildman–Crippen LogP) is 2.05. The molecule has 2 rings (SSSR count). The summed E-state index contributed by atoms with van der Waals surface area (Å²) >= 11 is 0. The Hall–Kier alpha value is -2.36. The first-order chi connectivity index (χ1) is 8.06. The molecule has 0 aliphatic heterocycles. The Kier molecular flexibility index (Phi) is 2.78. The van der Waals surface area contributed by atoms with Crippen molar-refractivity contribution in [2.75, 3.05) is 5.73 Å². The first-order valence-electron chi connectivity index (χ1n) is 5.14. The highest BCUT2D eigenvalue weighted by molar-refractivity contribution is 6.17. The summed E-state index contributed by atoms with van der Waals surface area (Å²) in [5.74, 6) is 0.0927. The smallest absolute Gasteiger partial charge is 0.178 e. The summed E-state index contributed by atoms with van der Waals surface area (Å²) in [5.41, 5.74) is 8.10. The summed E-state index contributed by atoms with van der Waals surface area (Å²) in [7, 11) is 0. The maximum Gasteiger partial charge on any atom is 0.178 e. The van der Waals surface area contributed by atoms with Gasteiger partial charge in [0.15, 0.2) is 5.78 Å². The number of phenolic OH excluding ortho intramolecular Hbond substituents is 1. The number of rotatable bonds is 1. The molecule has 1 aliphatic rings. The fourth-order valence-electron chi connectivity index (χ4n) is 1.45. The number of carbonyl (C=O) groups is 1. The first kappa shape index (κ1) is 11.1. The monoisotopic (exact) mass is 228 g/mol. The van der Waals surface area contributed by atoms with Crippen LogP contribution in [0.4, 0.5) is 11.4 Å². The lowest BCUT2D eigenvalue weighted by atomic mass is 10.1.